The predicted molar refractivity (Wildman–Crippen MR) is 120 cm³/mol. The molecular weight excluding hydrogens is 411 g/mol. The third kappa shape index (κ3) is 5.29. The molecule has 0 radical (unpaired) electrons. The van der Waals surface area contributed by atoms with E-state index in [9.17, 15) is 9.18 Å². The van der Waals surface area contributed by atoms with Crippen molar-refractivity contribution < 1.29 is 23.4 Å². The molecule has 3 aromatic rings. The molecule has 1 aliphatic rings. The molecule has 1 fully saturated rings. The minimum absolute atomic E-state index is 0.160. The number of carbonyl (C=O) groups excluding carboxylic acids is 1. The molecular formula is C25H25FN2O4. The van der Waals surface area contributed by atoms with Crippen LogP contribution in [0.15, 0.2) is 66.7 Å². The number of methoxy groups -OCH3 is 2. The molecule has 0 bridgehead atoms. The molecule has 0 aromatic heterocycles. The summed E-state index contributed by atoms with van der Waals surface area (Å²) in [6.07, 6.45) is 1.95. The van der Waals surface area contributed by atoms with Crippen molar-refractivity contribution in [2.24, 2.45) is 0 Å². The van der Waals surface area contributed by atoms with Crippen molar-refractivity contribution in [2.75, 3.05) is 19.5 Å². The van der Waals surface area contributed by atoms with Gasteiger partial charge in [-0.2, -0.15) is 0 Å². The Morgan fingerprint density at radius 1 is 0.906 bits per heavy atom. The van der Waals surface area contributed by atoms with Gasteiger partial charge in [0.1, 0.15) is 23.4 Å². The molecule has 1 aliphatic carbocycles. The number of benzene rings is 3. The van der Waals surface area contributed by atoms with Gasteiger partial charge in [0.05, 0.1) is 14.2 Å². The fraction of sp³-hybridized carbons (Fsp3) is 0.240. The molecule has 0 heterocycles. The lowest BCUT2D eigenvalue weighted by atomic mass is 10.1. The summed E-state index contributed by atoms with van der Waals surface area (Å²) in [5.74, 6) is 1.86. The zero-order valence-electron chi connectivity index (χ0n) is 17.9. The molecule has 1 amide bonds. The molecule has 4 rings (SSSR count). The Balaban J connectivity index is 1.58. The zero-order chi connectivity index (χ0) is 22.5. The number of nitrogens with one attached hydrogen (secondary N) is 2. The van der Waals surface area contributed by atoms with Gasteiger partial charge in [-0.15, -0.1) is 0 Å². The van der Waals surface area contributed by atoms with Gasteiger partial charge >= 0.3 is 0 Å². The highest BCUT2D eigenvalue weighted by molar-refractivity contribution is 5.86. The number of anilines is 1. The van der Waals surface area contributed by atoms with Gasteiger partial charge < -0.3 is 24.8 Å². The minimum Gasteiger partial charge on any atom is -0.497 e. The van der Waals surface area contributed by atoms with E-state index < -0.39 is 6.04 Å². The van der Waals surface area contributed by atoms with E-state index in [1.165, 1.54) is 12.1 Å². The third-order valence-electron chi connectivity index (χ3n) is 5.15. The van der Waals surface area contributed by atoms with E-state index in [0.29, 0.717) is 28.5 Å². The summed E-state index contributed by atoms with van der Waals surface area (Å²) in [5, 5.41) is 6.27. The molecule has 7 heteroatoms. The van der Waals surface area contributed by atoms with Crippen LogP contribution in [0.3, 0.4) is 0 Å². The highest BCUT2D eigenvalue weighted by atomic mass is 19.1. The van der Waals surface area contributed by atoms with Crippen molar-refractivity contribution in [1.82, 2.24) is 5.32 Å². The van der Waals surface area contributed by atoms with E-state index in [1.807, 2.05) is 0 Å². The van der Waals surface area contributed by atoms with Crippen molar-refractivity contribution in [2.45, 2.75) is 24.9 Å². The van der Waals surface area contributed by atoms with Crippen LogP contribution in [-0.2, 0) is 4.79 Å². The molecule has 3 aromatic carbocycles. The van der Waals surface area contributed by atoms with Gasteiger partial charge in [0.2, 0.25) is 5.91 Å². The Morgan fingerprint density at radius 3 is 2.22 bits per heavy atom. The van der Waals surface area contributed by atoms with Gasteiger partial charge in [-0.3, -0.25) is 4.79 Å². The lowest BCUT2D eigenvalue weighted by Crippen LogP contribution is -2.34. The smallest absolute Gasteiger partial charge is 0.247 e. The first-order chi connectivity index (χ1) is 15.6. The summed E-state index contributed by atoms with van der Waals surface area (Å²) in [7, 11) is 3.17. The Morgan fingerprint density at radius 2 is 1.59 bits per heavy atom. The lowest BCUT2D eigenvalue weighted by Gasteiger charge is -2.21. The molecule has 0 unspecified atom stereocenters. The second-order valence-corrected chi connectivity index (χ2v) is 7.55. The van der Waals surface area contributed by atoms with E-state index in [1.54, 1.807) is 68.8 Å². The highest BCUT2D eigenvalue weighted by Gasteiger charge is 2.28. The van der Waals surface area contributed by atoms with Gasteiger partial charge in [-0.1, -0.05) is 12.1 Å². The van der Waals surface area contributed by atoms with Crippen LogP contribution in [0.5, 0.6) is 23.0 Å². The van der Waals surface area contributed by atoms with E-state index in [2.05, 4.69) is 10.6 Å². The van der Waals surface area contributed by atoms with Crippen LogP contribution in [0.2, 0.25) is 0 Å². The first kappa shape index (κ1) is 21.5. The fourth-order valence-electron chi connectivity index (χ4n) is 3.25. The van der Waals surface area contributed by atoms with Gasteiger partial charge in [0.15, 0.2) is 11.5 Å². The van der Waals surface area contributed by atoms with Crippen molar-refractivity contribution in [1.29, 1.82) is 0 Å². The maximum atomic E-state index is 13.4. The summed E-state index contributed by atoms with van der Waals surface area (Å²) in [5.41, 5.74) is 1.33. The standard InChI is InChI=1S/C25H25FN2O4/c1-30-20-10-12-21(13-11-20)32-23-15-19(9-14-22(23)31-2)27-24(25(29)28-18-7-8-18)16-3-5-17(26)6-4-16/h3-6,9-15,18,24,27H,7-8H2,1-2H3,(H,28,29)/t24-/m0/s1. The highest BCUT2D eigenvalue weighted by Crippen LogP contribution is 2.36. The van der Waals surface area contributed by atoms with Crippen LogP contribution >= 0.6 is 0 Å². The number of hydrogen-bond donors (Lipinski definition) is 2. The van der Waals surface area contributed by atoms with Gasteiger partial charge in [0.25, 0.3) is 0 Å². The van der Waals surface area contributed by atoms with Crippen LogP contribution in [0, 0.1) is 5.82 Å². The number of carbonyl (C=O) groups is 1. The number of ether oxygens (including phenoxy) is 3. The average molecular weight is 436 g/mol. The van der Waals surface area contributed by atoms with E-state index in [0.717, 1.165) is 18.6 Å². The quantitative estimate of drug-likeness (QED) is 0.490. The summed E-state index contributed by atoms with van der Waals surface area (Å²) < 4.78 is 30.0. The number of rotatable bonds is 9. The summed E-state index contributed by atoms with van der Waals surface area (Å²) >= 11 is 0. The maximum Gasteiger partial charge on any atom is 0.247 e. The predicted octanol–water partition coefficient (Wildman–Crippen LogP) is 5.07. The van der Waals surface area contributed by atoms with Crippen molar-refractivity contribution >= 4 is 11.6 Å². The summed E-state index contributed by atoms with van der Waals surface area (Å²) in [6.45, 7) is 0. The van der Waals surface area contributed by atoms with Crippen molar-refractivity contribution in [3.8, 4) is 23.0 Å². The number of amides is 1. The van der Waals surface area contributed by atoms with Crippen LogP contribution < -0.4 is 24.8 Å². The van der Waals surface area contributed by atoms with E-state index in [4.69, 9.17) is 14.2 Å². The Labute approximate surface area is 186 Å². The second-order valence-electron chi connectivity index (χ2n) is 7.55. The Bertz CT molecular complexity index is 1070. The molecule has 0 saturated heterocycles. The Kier molecular flexibility index (Phi) is 6.44. The van der Waals surface area contributed by atoms with Gasteiger partial charge in [0, 0.05) is 17.8 Å². The van der Waals surface area contributed by atoms with Crippen LogP contribution in [0.4, 0.5) is 10.1 Å². The fourth-order valence-corrected chi connectivity index (χ4v) is 3.25. The van der Waals surface area contributed by atoms with Crippen LogP contribution in [-0.4, -0.2) is 26.2 Å². The summed E-state index contributed by atoms with van der Waals surface area (Å²) in [4.78, 5) is 12.9. The first-order valence-electron chi connectivity index (χ1n) is 10.4. The molecule has 1 saturated carbocycles. The number of halogens is 1. The van der Waals surface area contributed by atoms with Crippen molar-refractivity contribution in [3.63, 3.8) is 0 Å². The maximum absolute atomic E-state index is 13.4. The molecule has 1 atom stereocenters. The molecule has 2 N–H and O–H groups in total. The summed E-state index contributed by atoms with van der Waals surface area (Å²) in [6, 6.07) is 18.0. The lowest BCUT2D eigenvalue weighted by molar-refractivity contribution is -0.122. The van der Waals surface area contributed by atoms with Gasteiger partial charge in [-0.05, 0) is 66.9 Å². The first-order valence-corrected chi connectivity index (χ1v) is 10.4. The second kappa shape index (κ2) is 9.60. The molecule has 6 nitrogen and oxygen atoms in total. The van der Waals surface area contributed by atoms with Gasteiger partial charge in [-0.25, -0.2) is 4.39 Å². The van der Waals surface area contributed by atoms with Crippen LogP contribution in [0.25, 0.3) is 0 Å². The largest absolute Gasteiger partial charge is 0.497 e. The van der Waals surface area contributed by atoms with E-state index >= 15 is 0 Å². The number of hydrogen-bond acceptors (Lipinski definition) is 5. The minimum atomic E-state index is -0.682. The normalized spacial score (nSPS) is 13.7. The molecule has 166 valence electrons. The SMILES string of the molecule is COc1ccc(Oc2cc(N[C@H](C(=O)NC3CC3)c3ccc(F)cc3)ccc2OC)cc1. The monoisotopic (exact) mass is 436 g/mol. The zero-order valence-corrected chi connectivity index (χ0v) is 17.9. The Hall–Kier alpha value is -3.74. The average Bonchev–Trinajstić information content (AvgIpc) is 3.63. The van der Waals surface area contributed by atoms with Crippen LogP contribution in [0.1, 0.15) is 24.4 Å². The topological polar surface area (TPSA) is 68.8 Å². The molecule has 0 spiro atoms. The van der Waals surface area contributed by atoms with E-state index in [-0.39, 0.29) is 17.8 Å². The third-order valence-corrected chi connectivity index (χ3v) is 5.15. The molecule has 32 heavy (non-hydrogen) atoms. The van der Waals surface area contributed by atoms with Crippen molar-refractivity contribution in [3.05, 3.63) is 78.1 Å². The molecule has 0 aliphatic heterocycles.